The number of rotatable bonds is 6. The summed E-state index contributed by atoms with van der Waals surface area (Å²) in [7, 11) is 0. The summed E-state index contributed by atoms with van der Waals surface area (Å²) in [5, 5.41) is 12.2. The smallest absolute Gasteiger partial charge is 0.379 e. The number of benzene rings is 2. The van der Waals surface area contributed by atoms with Crippen LogP contribution in [0.1, 0.15) is 11.1 Å². The zero-order valence-corrected chi connectivity index (χ0v) is 21.3. The number of carbonyl (C=O) groups excluding carboxylic acids is 2. The fourth-order valence-electron chi connectivity index (χ4n) is 4.90. The molecule has 0 radical (unpaired) electrons. The van der Waals surface area contributed by atoms with Crippen LogP contribution in [0, 0.1) is 5.82 Å². The number of halogens is 4. The molecule has 1 saturated heterocycles. The van der Waals surface area contributed by atoms with E-state index in [9.17, 15) is 22.8 Å². The van der Waals surface area contributed by atoms with Crippen molar-refractivity contribution >= 4 is 41.1 Å². The molecule has 214 valence electrons. The first-order chi connectivity index (χ1) is 19.5. The van der Waals surface area contributed by atoms with Gasteiger partial charge in [0.25, 0.3) is 0 Å². The van der Waals surface area contributed by atoms with Crippen molar-refractivity contribution in [3.8, 4) is 0 Å². The van der Waals surface area contributed by atoms with Crippen molar-refractivity contribution in [3.05, 3.63) is 76.9 Å². The molecule has 1 fully saturated rings. The summed E-state index contributed by atoms with van der Waals surface area (Å²) in [6, 6.07) is 6.92. The molecule has 3 aliphatic heterocycles. The second kappa shape index (κ2) is 10.8. The maximum absolute atomic E-state index is 15.2. The fourth-order valence-corrected chi connectivity index (χ4v) is 4.90. The number of primary amides is 1. The van der Waals surface area contributed by atoms with Crippen LogP contribution < -0.4 is 27.4 Å². The number of ether oxygens (including phenoxy) is 1. The number of amides is 3. The van der Waals surface area contributed by atoms with Crippen LogP contribution in [0.25, 0.3) is 5.57 Å². The number of hydrogen-bond acceptors (Lipinski definition) is 7. The lowest BCUT2D eigenvalue weighted by Gasteiger charge is -2.35. The molecule has 3 amide bonds. The van der Waals surface area contributed by atoms with E-state index >= 15 is 4.39 Å². The quantitative estimate of drug-likeness (QED) is 0.265. The lowest BCUT2D eigenvalue weighted by molar-refractivity contribution is -0.852. The van der Waals surface area contributed by atoms with Crippen LogP contribution in [0.4, 0.5) is 33.7 Å². The van der Waals surface area contributed by atoms with Gasteiger partial charge in [-0.15, -0.1) is 4.59 Å². The van der Waals surface area contributed by atoms with E-state index in [4.69, 9.17) is 16.2 Å². The molecule has 0 bridgehead atoms. The minimum Gasteiger partial charge on any atom is -0.379 e. The number of fused-ring (bicyclic) bond motifs is 1. The van der Waals surface area contributed by atoms with E-state index in [1.807, 2.05) is 0 Å². The molecule has 0 spiro atoms. The number of amidine groups is 1. The minimum absolute atomic E-state index is 0.0503. The molecule has 11 nitrogen and oxygen atoms in total. The van der Waals surface area contributed by atoms with Gasteiger partial charge in [-0.1, -0.05) is 17.2 Å². The fraction of sp³-hybridized carbons (Fsp3) is 0.231. The zero-order valence-electron chi connectivity index (χ0n) is 21.3. The summed E-state index contributed by atoms with van der Waals surface area (Å²) in [4.78, 5) is 29.1. The SMILES string of the molecule is NC(=O)C1=CC(c2ccc(NC(=O)Nc3cccc(C(F)(F)F)c3)c(F)c2)=C2C(N)=NC=N[N+]12CC1CNCCO1. The number of nitrogens with two attached hydrogens (primary N) is 2. The largest absolute Gasteiger partial charge is 0.416 e. The van der Waals surface area contributed by atoms with Gasteiger partial charge in [-0.2, -0.15) is 13.2 Å². The van der Waals surface area contributed by atoms with Crippen molar-refractivity contribution < 1.29 is 36.5 Å². The molecule has 5 rings (SSSR count). The highest BCUT2D eigenvalue weighted by Crippen LogP contribution is 2.43. The van der Waals surface area contributed by atoms with Crippen molar-refractivity contribution in [1.29, 1.82) is 0 Å². The third-order valence-corrected chi connectivity index (χ3v) is 6.69. The van der Waals surface area contributed by atoms with Gasteiger partial charge in [-0.25, -0.2) is 14.2 Å². The molecule has 15 heteroatoms. The van der Waals surface area contributed by atoms with E-state index < -0.39 is 34.1 Å². The highest BCUT2D eigenvalue weighted by Gasteiger charge is 2.52. The van der Waals surface area contributed by atoms with Gasteiger partial charge < -0.3 is 32.2 Å². The number of alkyl halides is 3. The first kappa shape index (κ1) is 27.9. The molecule has 2 aromatic carbocycles. The predicted octanol–water partition coefficient (Wildman–Crippen LogP) is 2.70. The Morgan fingerprint density at radius 1 is 1.17 bits per heavy atom. The van der Waals surface area contributed by atoms with E-state index in [2.05, 4.69) is 26.0 Å². The lowest BCUT2D eigenvalue weighted by atomic mass is 10.0. The van der Waals surface area contributed by atoms with Crippen LogP contribution in [0.15, 0.2) is 70.0 Å². The van der Waals surface area contributed by atoms with Crippen molar-refractivity contribution in [2.75, 3.05) is 36.9 Å². The summed E-state index contributed by atoms with van der Waals surface area (Å²) >= 11 is 0. The van der Waals surface area contributed by atoms with Gasteiger partial charge >= 0.3 is 18.1 Å². The molecule has 0 aliphatic carbocycles. The number of hydrogen-bond donors (Lipinski definition) is 5. The second-order valence-corrected chi connectivity index (χ2v) is 9.40. The van der Waals surface area contributed by atoms with Gasteiger partial charge in [-0.3, -0.25) is 4.79 Å². The van der Waals surface area contributed by atoms with Crippen molar-refractivity contribution in [2.24, 2.45) is 21.6 Å². The first-order valence-corrected chi connectivity index (χ1v) is 12.4. The molecule has 3 heterocycles. The van der Waals surface area contributed by atoms with E-state index in [1.165, 1.54) is 30.6 Å². The highest BCUT2D eigenvalue weighted by atomic mass is 19.4. The molecule has 0 saturated carbocycles. The van der Waals surface area contributed by atoms with Crippen LogP contribution in [0.3, 0.4) is 0 Å². The van der Waals surface area contributed by atoms with E-state index in [0.717, 1.165) is 24.3 Å². The molecule has 2 aromatic rings. The third-order valence-electron chi connectivity index (χ3n) is 6.69. The van der Waals surface area contributed by atoms with E-state index in [1.54, 1.807) is 0 Å². The third kappa shape index (κ3) is 5.54. The predicted molar refractivity (Wildman–Crippen MR) is 143 cm³/mol. The van der Waals surface area contributed by atoms with Crippen molar-refractivity contribution in [2.45, 2.75) is 12.3 Å². The molecule has 0 aromatic heterocycles. The average Bonchev–Trinajstić information content (AvgIpc) is 3.26. The summed E-state index contributed by atoms with van der Waals surface area (Å²) in [5.41, 5.74) is 11.7. The van der Waals surface area contributed by atoms with Gasteiger partial charge in [0.05, 0.1) is 23.4 Å². The Kier molecular flexibility index (Phi) is 7.33. The molecular weight excluding hydrogens is 548 g/mol. The monoisotopic (exact) mass is 573 g/mol. The van der Waals surface area contributed by atoms with Gasteiger partial charge in [0.1, 0.15) is 18.5 Å². The topological polar surface area (TPSA) is 156 Å². The van der Waals surface area contributed by atoms with Crippen LogP contribution >= 0.6 is 0 Å². The van der Waals surface area contributed by atoms with Gasteiger partial charge in [0.2, 0.25) is 11.4 Å². The maximum atomic E-state index is 15.2. The Hall–Kier alpha value is -4.60. The molecule has 7 N–H and O–H groups in total. The number of nitrogens with zero attached hydrogens (tertiary/aromatic N) is 3. The summed E-state index contributed by atoms with van der Waals surface area (Å²) in [5.74, 6) is -1.57. The Morgan fingerprint density at radius 2 is 1.98 bits per heavy atom. The Bertz CT molecular complexity index is 1530. The van der Waals surface area contributed by atoms with Crippen LogP contribution in [-0.2, 0) is 15.7 Å². The number of anilines is 2. The summed E-state index contributed by atoms with van der Waals surface area (Å²) < 4.78 is 59.5. The van der Waals surface area contributed by atoms with E-state index in [-0.39, 0.29) is 41.1 Å². The molecule has 3 aliphatic rings. The normalized spacial score (nSPS) is 22.1. The van der Waals surface area contributed by atoms with Crippen LogP contribution in [-0.4, -0.2) is 61.0 Å². The second-order valence-electron chi connectivity index (χ2n) is 9.40. The number of allylic oxidation sites excluding steroid dienone is 2. The Morgan fingerprint density at radius 3 is 2.66 bits per heavy atom. The van der Waals surface area contributed by atoms with E-state index in [0.29, 0.717) is 31.0 Å². The summed E-state index contributed by atoms with van der Waals surface area (Å²) in [6.45, 7) is 1.80. The number of nitrogens with one attached hydrogen (secondary N) is 3. The standard InChI is InChI=1S/C26H24F4N8O3/c27-19-8-14(4-5-20(19)37-25(40)36-16-3-1-2-15(9-16)26(28,29)30)18-10-21(24(32)39)38(12-17-11-33-6-7-41-17)22(18)23(31)34-13-35-38/h1-5,8-10,13,17,33H,6-7,11-12H2,(H5-,31,32,34,35,36,37,39,40)/p+1. The van der Waals surface area contributed by atoms with Crippen LogP contribution in [0.5, 0.6) is 0 Å². The summed E-state index contributed by atoms with van der Waals surface area (Å²) in [6.07, 6.45) is -2.24. The van der Waals surface area contributed by atoms with Gasteiger partial charge in [0, 0.05) is 24.9 Å². The number of urea groups is 1. The maximum Gasteiger partial charge on any atom is 0.416 e. The molecular formula is C26H25F4N8O3+. The first-order valence-electron chi connectivity index (χ1n) is 12.4. The molecule has 2 atom stereocenters. The Balaban J connectivity index is 1.43. The van der Waals surface area contributed by atoms with Gasteiger partial charge in [-0.05, 0) is 35.9 Å². The van der Waals surface area contributed by atoms with Crippen molar-refractivity contribution in [1.82, 2.24) is 5.32 Å². The van der Waals surface area contributed by atoms with Crippen LogP contribution in [0.2, 0.25) is 0 Å². The number of morpholine rings is 1. The zero-order chi connectivity index (χ0) is 29.4. The van der Waals surface area contributed by atoms with Crippen molar-refractivity contribution in [3.63, 3.8) is 0 Å². The highest BCUT2D eigenvalue weighted by molar-refractivity contribution is 6.11. The number of quaternary nitrogens is 1. The molecule has 41 heavy (non-hydrogen) atoms. The lowest BCUT2D eigenvalue weighted by Crippen LogP contribution is -2.55. The number of aliphatic imine (C=N–C) groups is 1. The molecule has 2 unspecified atom stereocenters. The number of carbonyl (C=O) groups is 2. The van der Waals surface area contributed by atoms with Gasteiger partial charge in [0.15, 0.2) is 12.2 Å². The average molecular weight is 574 g/mol. The minimum atomic E-state index is -4.59. The Labute approximate surface area is 230 Å².